The van der Waals surface area contributed by atoms with Gasteiger partial charge in [-0.15, -0.1) is 0 Å². The van der Waals surface area contributed by atoms with Crippen LogP contribution in [0.15, 0.2) is 24.3 Å². The molecule has 0 radical (unpaired) electrons. The zero-order valence-electron chi connectivity index (χ0n) is 26.4. The van der Waals surface area contributed by atoms with Crippen molar-refractivity contribution < 1.29 is 0 Å². The number of benzene rings is 1. The first kappa shape index (κ1) is 34.3. The van der Waals surface area contributed by atoms with Crippen molar-refractivity contribution in [1.82, 2.24) is 0 Å². The van der Waals surface area contributed by atoms with Gasteiger partial charge in [0.2, 0.25) is 0 Å². The SMILES string of the molecule is CC12CCC(N)(CC1)CC2.CC1CCC(CCN)CC1.CC1CCC(CN)CC1.Cc1ccc(CCN)cc1. The summed E-state index contributed by atoms with van der Waals surface area (Å²) in [5.41, 5.74) is 26.2. The molecule has 0 saturated heterocycles. The molecule has 1 aromatic carbocycles. The van der Waals surface area contributed by atoms with E-state index in [9.17, 15) is 0 Å². The molecule has 4 nitrogen and oxygen atoms in total. The van der Waals surface area contributed by atoms with Gasteiger partial charge >= 0.3 is 0 Å². The van der Waals surface area contributed by atoms with E-state index < -0.39 is 0 Å². The molecule has 0 amide bonds. The average molecular weight is 543 g/mol. The van der Waals surface area contributed by atoms with Crippen LogP contribution in [0.3, 0.4) is 0 Å². The van der Waals surface area contributed by atoms with Crippen LogP contribution in [0.5, 0.6) is 0 Å². The number of rotatable bonds is 5. The Bertz CT molecular complexity index is 702. The molecule has 8 N–H and O–H groups in total. The minimum Gasteiger partial charge on any atom is -0.330 e. The molecule has 0 aromatic heterocycles. The summed E-state index contributed by atoms with van der Waals surface area (Å²) in [7, 11) is 0. The normalized spacial score (nSPS) is 33.4. The van der Waals surface area contributed by atoms with Gasteiger partial charge in [-0.1, -0.05) is 89.1 Å². The molecule has 5 aliphatic rings. The quantitative estimate of drug-likeness (QED) is 0.309. The molecular weight excluding hydrogens is 476 g/mol. The minimum absolute atomic E-state index is 0.262. The highest BCUT2D eigenvalue weighted by atomic mass is 14.8. The monoisotopic (exact) mass is 543 g/mol. The van der Waals surface area contributed by atoms with Gasteiger partial charge in [-0.05, 0) is 125 Å². The third-order valence-corrected chi connectivity index (χ3v) is 10.4. The maximum atomic E-state index is 6.16. The second kappa shape index (κ2) is 17.8. The third kappa shape index (κ3) is 13.5. The summed E-state index contributed by atoms with van der Waals surface area (Å²) in [5.74, 6) is 3.75. The van der Waals surface area contributed by atoms with E-state index in [1.54, 1.807) is 0 Å². The highest BCUT2D eigenvalue weighted by Crippen LogP contribution is 2.50. The highest BCUT2D eigenvalue weighted by molar-refractivity contribution is 5.21. The van der Waals surface area contributed by atoms with Gasteiger partial charge in [-0.2, -0.15) is 0 Å². The number of hydrogen-bond acceptors (Lipinski definition) is 4. The van der Waals surface area contributed by atoms with Gasteiger partial charge in [-0.25, -0.2) is 0 Å². The van der Waals surface area contributed by atoms with E-state index in [0.29, 0.717) is 5.41 Å². The van der Waals surface area contributed by atoms with Crippen molar-refractivity contribution in [3.63, 3.8) is 0 Å². The molecule has 5 fully saturated rings. The first-order chi connectivity index (χ1) is 18.6. The Hall–Kier alpha value is -0.940. The van der Waals surface area contributed by atoms with Gasteiger partial charge in [-0.3, -0.25) is 0 Å². The van der Waals surface area contributed by atoms with Crippen LogP contribution in [-0.2, 0) is 6.42 Å². The van der Waals surface area contributed by atoms with Crippen LogP contribution in [0, 0.1) is 36.0 Å². The zero-order chi connectivity index (χ0) is 28.7. The van der Waals surface area contributed by atoms with E-state index >= 15 is 0 Å². The van der Waals surface area contributed by atoms with Gasteiger partial charge < -0.3 is 22.9 Å². The standard InChI is InChI=1S/C9H17N.C9H19N.C9H13N.C8H17N/c1-8-2-5-9(10,6-3-8)7-4-8;2*1-8-2-4-9(5-3-8)6-7-10;1-7-2-4-8(6-9)5-3-7/h2-7,10H2,1H3;8-9H,2-7,10H2,1H3;2-5H,6-7,10H2,1H3;7-8H,2-6,9H2,1H3. The lowest BCUT2D eigenvalue weighted by Gasteiger charge is -2.50. The lowest BCUT2D eigenvalue weighted by Crippen LogP contribution is -2.50. The van der Waals surface area contributed by atoms with Gasteiger partial charge in [0.15, 0.2) is 0 Å². The van der Waals surface area contributed by atoms with E-state index in [4.69, 9.17) is 22.9 Å². The number of fused-ring (bicyclic) bond motifs is 3. The molecule has 6 rings (SSSR count). The second-order valence-electron chi connectivity index (χ2n) is 14.3. The minimum atomic E-state index is 0.262. The molecule has 0 atom stereocenters. The van der Waals surface area contributed by atoms with E-state index in [1.807, 2.05) is 0 Å². The summed E-state index contributed by atoms with van der Waals surface area (Å²) >= 11 is 0. The Labute approximate surface area is 242 Å². The van der Waals surface area contributed by atoms with Crippen LogP contribution in [0.25, 0.3) is 0 Å². The molecule has 226 valence electrons. The molecule has 5 aliphatic carbocycles. The fourth-order valence-electron chi connectivity index (χ4n) is 6.74. The second-order valence-corrected chi connectivity index (χ2v) is 14.3. The molecule has 0 aliphatic heterocycles. The summed E-state index contributed by atoms with van der Waals surface area (Å²) in [6, 6.07) is 8.49. The number of hydrogen-bond donors (Lipinski definition) is 4. The lowest BCUT2D eigenvalue weighted by atomic mass is 9.58. The van der Waals surface area contributed by atoms with Crippen LogP contribution < -0.4 is 22.9 Å². The third-order valence-electron chi connectivity index (χ3n) is 10.4. The van der Waals surface area contributed by atoms with Crippen LogP contribution in [0.4, 0.5) is 0 Å². The molecule has 4 heteroatoms. The van der Waals surface area contributed by atoms with Crippen LogP contribution in [-0.4, -0.2) is 25.2 Å². The van der Waals surface area contributed by atoms with Crippen molar-refractivity contribution in [1.29, 1.82) is 0 Å². The largest absolute Gasteiger partial charge is 0.330 e. The van der Waals surface area contributed by atoms with E-state index in [2.05, 4.69) is 52.0 Å². The fourth-order valence-corrected chi connectivity index (χ4v) is 6.74. The van der Waals surface area contributed by atoms with Crippen molar-refractivity contribution in [3.05, 3.63) is 35.4 Å². The summed E-state index contributed by atoms with van der Waals surface area (Å²) in [6.45, 7) is 11.7. The molecule has 2 bridgehead atoms. The molecule has 5 saturated carbocycles. The van der Waals surface area contributed by atoms with Crippen molar-refractivity contribution >= 4 is 0 Å². The Kier molecular flexibility index (Phi) is 15.6. The van der Waals surface area contributed by atoms with Crippen molar-refractivity contribution in [2.24, 2.45) is 52.0 Å². The summed E-state index contributed by atoms with van der Waals surface area (Å²) in [4.78, 5) is 0. The predicted octanol–water partition coefficient (Wildman–Crippen LogP) is 7.49. The Balaban J connectivity index is 0.000000183. The van der Waals surface area contributed by atoms with Crippen LogP contribution in [0.2, 0.25) is 0 Å². The van der Waals surface area contributed by atoms with Gasteiger partial charge in [0.05, 0.1) is 0 Å². The zero-order valence-corrected chi connectivity index (χ0v) is 26.4. The van der Waals surface area contributed by atoms with E-state index in [-0.39, 0.29) is 5.54 Å². The maximum absolute atomic E-state index is 6.16. The van der Waals surface area contributed by atoms with Crippen molar-refractivity contribution in [2.75, 3.05) is 19.6 Å². The smallest absolute Gasteiger partial charge is 0.0155 e. The average Bonchev–Trinajstić information content (AvgIpc) is 2.94. The molecule has 1 aromatic rings. The predicted molar refractivity (Wildman–Crippen MR) is 172 cm³/mol. The highest BCUT2D eigenvalue weighted by Gasteiger charge is 2.43. The first-order valence-corrected chi connectivity index (χ1v) is 16.5. The molecule has 39 heavy (non-hydrogen) atoms. The first-order valence-electron chi connectivity index (χ1n) is 16.5. The van der Waals surface area contributed by atoms with Crippen molar-refractivity contribution in [2.45, 2.75) is 136 Å². The number of aryl methyl sites for hydroxylation is 1. The summed E-state index contributed by atoms with van der Waals surface area (Å²) in [5, 5.41) is 0. The molecular formula is C35H66N4. The van der Waals surface area contributed by atoms with Crippen LogP contribution >= 0.6 is 0 Å². The van der Waals surface area contributed by atoms with Gasteiger partial charge in [0.25, 0.3) is 0 Å². The fraction of sp³-hybridized carbons (Fsp3) is 0.829. The lowest BCUT2D eigenvalue weighted by molar-refractivity contribution is 0.0607. The summed E-state index contributed by atoms with van der Waals surface area (Å²) < 4.78 is 0. The van der Waals surface area contributed by atoms with E-state index in [1.165, 1.54) is 107 Å². The molecule has 0 heterocycles. The molecule has 0 spiro atoms. The summed E-state index contributed by atoms with van der Waals surface area (Å²) in [6.07, 6.45) is 21.5. The Morgan fingerprint density at radius 3 is 1.51 bits per heavy atom. The van der Waals surface area contributed by atoms with Crippen LogP contribution in [0.1, 0.15) is 128 Å². The molecule has 0 unspecified atom stereocenters. The number of nitrogens with two attached hydrogens (primary N) is 4. The van der Waals surface area contributed by atoms with Gasteiger partial charge in [0, 0.05) is 5.54 Å². The Morgan fingerprint density at radius 1 is 0.667 bits per heavy atom. The van der Waals surface area contributed by atoms with Gasteiger partial charge in [0.1, 0.15) is 0 Å². The topological polar surface area (TPSA) is 104 Å². The van der Waals surface area contributed by atoms with Crippen molar-refractivity contribution in [3.8, 4) is 0 Å². The van der Waals surface area contributed by atoms with E-state index in [0.717, 1.165) is 49.7 Å². The Morgan fingerprint density at radius 2 is 1.13 bits per heavy atom. The maximum Gasteiger partial charge on any atom is 0.0155 e.